The van der Waals surface area contributed by atoms with Crippen molar-refractivity contribution in [2.75, 3.05) is 12.8 Å². The van der Waals surface area contributed by atoms with E-state index in [0.717, 1.165) is 16.1 Å². The molecular formula is C11H13NO2S. The molecule has 4 heteroatoms. The number of esters is 1. The van der Waals surface area contributed by atoms with Gasteiger partial charge in [0.25, 0.3) is 0 Å². The number of benzene rings is 1. The molecule has 0 saturated heterocycles. The highest BCUT2D eigenvalue weighted by Crippen LogP contribution is 2.26. The van der Waals surface area contributed by atoms with E-state index in [1.165, 1.54) is 24.9 Å². The number of ether oxygens (including phenoxy) is 1. The van der Waals surface area contributed by atoms with Gasteiger partial charge in [-0.2, -0.15) is 0 Å². The smallest absolute Gasteiger partial charge is 0.330 e. The van der Waals surface area contributed by atoms with Crippen LogP contribution in [0.4, 0.5) is 5.69 Å². The fourth-order valence-electron chi connectivity index (χ4n) is 1.01. The van der Waals surface area contributed by atoms with Gasteiger partial charge >= 0.3 is 5.97 Å². The number of anilines is 1. The zero-order valence-corrected chi connectivity index (χ0v) is 9.51. The molecule has 2 N–H and O–H groups in total. The van der Waals surface area contributed by atoms with Crippen LogP contribution in [-0.2, 0) is 9.53 Å². The van der Waals surface area contributed by atoms with Gasteiger partial charge in [-0.1, -0.05) is 17.8 Å². The second kappa shape index (κ2) is 5.46. The van der Waals surface area contributed by atoms with Gasteiger partial charge in [-0.25, -0.2) is 4.79 Å². The maximum atomic E-state index is 10.8. The van der Waals surface area contributed by atoms with Crippen molar-refractivity contribution in [3.05, 3.63) is 35.2 Å². The molecule has 0 atom stereocenters. The molecule has 0 unspecified atom stereocenters. The first-order chi connectivity index (χ1) is 7.13. The van der Waals surface area contributed by atoms with Crippen LogP contribution < -0.4 is 5.73 Å². The molecule has 0 radical (unpaired) electrons. The first kappa shape index (κ1) is 11.7. The summed E-state index contributed by atoms with van der Waals surface area (Å²) in [7, 11) is 1.34. The van der Waals surface area contributed by atoms with Crippen LogP contribution >= 0.6 is 11.8 Å². The van der Waals surface area contributed by atoms with Crippen molar-refractivity contribution < 1.29 is 9.53 Å². The van der Waals surface area contributed by atoms with Crippen molar-refractivity contribution in [3.63, 3.8) is 0 Å². The van der Waals surface area contributed by atoms with Crippen LogP contribution in [0.3, 0.4) is 0 Å². The fraction of sp³-hybridized carbons (Fsp3) is 0.182. The van der Waals surface area contributed by atoms with Crippen LogP contribution in [-0.4, -0.2) is 13.1 Å². The SMILES string of the molecule is COC(=O)C=CSc1ccc(C)cc1N. The summed E-state index contributed by atoms with van der Waals surface area (Å²) in [6.07, 6.45) is 1.37. The van der Waals surface area contributed by atoms with Gasteiger partial charge in [-0.3, -0.25) is 0 Å². The van der Waals surface area contributed by atoms with Gasteiger partial charge in [-0.15, -0.1) is 0 Å². The van der Waals surface area contributed by atoms with Gasteiger partial charge in [-0.05, 0) is 30.0 Å². The summed E-state index contributed by atoms with van der Waals surface area (Å²) >= 11 is 1.39. The topological polar surface area (TPSA) is 52.3 Å². The molecule has 80 valence electrons. The molecule has 0 amide bonds. The number of aryl methyl sites for hydroxylation is 1. The van der Waals surface area contributed by atoms with E-state index in [0.29, 0.717) is 0 Å². The molecule has 0 spiro atoms. The average molecular weight is 223 g/mol. The number of carbonyl (C=O) groups is 1. The van der Waals surface area contributed by atoms with E-state index in [4.69, 9.17) is 5.73 Å². The van der Waals surface area contributed by atoms with E-state index in [1.807, 2.05) is 25.1 Å². The lowest BCUT2D eigenvalue weighted by molar-refractivity contribution is -0.134. The van der Waals surface area contributed by atoms with Gasteiger partial charge in [0.05, 0.1) is 7.11 Å². The molecule has 0 fully saturated rings. The van der Waals surface area contributed by atoms with Crippen LogP contribution in [0, 0.1) is 6.92 Å². The molecule has 1 rings (SSSR count). The van der Waals surface area contributed by atoms with E-state index in [9.17, 15) is 4.79 Å². The van der Waals surface area contributed by atoms with Gasteiger partial charge in [0.15, 0.2) is 0 Å². The normalized spacial score (nSPS) is 10.5. The highest BCUT2D eigenvalue weighted by Gasteiger charge is 1.98. The summed E-state index contributed by atoms with van der Waals surface area (Å²) in [6, 6.07) is 5.80. The maximum Gasteiger partial charge on any atom is 0.330 e. The van der Waals surface area contributed by atoms with Crippen LogP contribution in [0.5, 0.6) is 0 Å². The minimum Gasteiger partial charge on any atom is -0.466 e. The molecule has 0 aromatic heterocycles. The molecule has 0 saturated carbocycles. The Morgan fingerprint density at radius 2 is 2.27 bits per heavy atom. The van der Waals surface area contributed by atoms with Crippen LogP contribution in [0.1, 0.15) is 5.56 Å². The third-order valence-electron chi connectivity index (χ3n) is 1.77. The Hall–Kier alpha value is -1.42. The number of carbonyl (C=O) groups excluding carboxylic acids is 1. The predicted octanol–water partition coefficient (Wildman–Crippen LogP) is 2.36. The zero-order chi connectivity index (χ0) is 11.3. The summed E-state index contributed by atoms with van der Waals surface area (Å²) in [6.45, 7) is 1.98. The highest BCUT2D eigenvalue weighted by molar-refractivity contribution is 8.02. The van der Waals surface area contributed by atoms with E-state index in [1.54, 1.807) is 5.41 Å². The monoisotopic (exact) mass is 223 g/mol. The maximum absolute atomic E-state index is 10.8. The quantitative estimate of drug-likeness (QED) is 0.370. The lowest BCUT2D eigenvalue weighted by atomic mass is 10.2. The van der Waals surface area contributed by atoms with E-state index in [2.05, 4.69) is 4.74 Å². The third-order valence-corrected chi connectivity index (χ3v) is 2.66. The highest BCUT2D eigenvalue weighted by atomic mass is 32.2. The van der Waals surface area contributed by atoms with Crippen molar-refractivity contribution >= 4 is 23.4 Å². The Labute approximate surface area is 93.3 Å². The second-order valence-electron chi connectivity index (χ2n) is 2.99. The van der Waals surface area contributed by atoms with Crippen LogP contribution in [0.15, 0.2) is 34.6 Å². The first-order valence-electron chi connectivity index (χ1n) is 4.41. The molecule has 0 bridgehead atoms. The van der Waals surface area contributed by atoms with E-state index >= 15 is 0 Å². The zero-order valence-electron chi connectivity index (χ0n) is 8.69. The Balaban J connectivity index is 2.65. The summed E-state index contributed by atoms with van der Waals surface area (Å²) < 4.78 is 4.47. The average Bonchev–Trinajstić information content (AvgIpc) is 2.21. The van der Waals surface area contributed by atoms with Gasteiger partial charge in [0.1, 0.15) is 0 Å². The number of methoxy groups -OCH3 is 1. The summed E-state index contributed by atoms with van der Waals surface area (Å²) in [5, 5.41) is 1.66. The van der Waals surface area contributed by atoms with Crippen molar-refractivity contribution in [1.29, 1.82) is 0 Å². The van der Waals surface area contributed by atoms with Crippen molar-refractivity contribution in [2.45, 2.75) is 11.8 Å². The number of hydrogen-bond donors (Lipinski definition) is 1. The lowest BCUT2D eigenvalue weighted by Crippen LogP contribution is -1.93. The molecule has 15 heavy (non-hydrogen) atoms. The molecule has 3 nitrogen and oxygen atoms in total. The first-order valence-corrected chi connectivity index (χ1v) is 5.28. The van der Waals surface area contributed by atoms with Crippen molar-refractivity contribution in [2.24, 2.45) is 0 Å². The van der Waals surface area contributed by atoms with Gasteiger partial charge in [0, 0.05) is 16.7 Å². The molecule has 0 heterocycles. The predicted molar refractivity (Wildman–Crippen MR) is 62.6 cm³/mol. The number of rotatable bonds is 3. The third kappa shape index (κ3) is 3.67. The van der Waals surface area contributed by atoms with Crippen molar-refractivity contribution in [1.82, 2.24) is 0 Å². The Kier molecular flexibility index (Phi) is 4.24. The number of nitrogen functional groups attached to an aromatic ring is 1. The van der Waals surface area contributed by atoms with Gasteiger partial charge in [0.2, 0.25) is 0 Å². The fourth-order valence-corrected chi connectivity index (χ4v) is 1.67. The Morgan fingerprint density at radius 1 is 1.53 bits per heavy atom. The largest absolute Gasteiger partial charge is 0.466 e. The number of nitrogens with two attached hydrogens (primary N) is 1. The second-order valence-corrected chi connectivity index (χ2v) is 3.93. The lowest BCUT2D eigenvalue weighted by Gasteiger charge is -2.02. The molecule has 0 aliphatic rings. The Morgan fingerprint density at radius 3 is 2.87 bits per heavy atom. The summed E-state index contributed by atoms with van der Waals surface area (Å²) in [4.78, 5) is 11.7. The Bertz CT molecular complexity index is 388. The standard InChI is InChI=1S/C11H13NO2S/c1-8-3-4-10(9(12)7-8)15-6-5-11(13)14-2/h3-7H,12H2,1-2H3. The molecular weight excluding hydrogens is 210 g/mol. The van der Waals surface area contributed by atoms with Crippen molar-refractivity contribution in [3.8, 4) is 0 Å². The summed E-state index contributed by atoms with van der Waals surface area (Å²) in [5.41, 5.74) is 7.64. The minimum absolute atomic E-state index is 0.367. The molecule has 1 aromatic rings. The molecule has 1 aromatic carbocycles. The number of hydrogen-bond acceptors (Lipinski definition) is 4. The minimum atomic E-state index is -0.367. The van der Waals surface area contributed by atoms with E-state index < -0.39 is 0 Å². The molecule has 0 aliphatic carbocycles. The van der Waals surface area contributed by atoms with Gasteiger partial charge < -0.3 is 10.5 Å². The molecule has 0 aliphatic heterocycles. The number of thioether (sulfide) groups is 1. The summed E-state index contributed by atoms with van der Waals surface area (Å²) in [5.74, 6) is -0.367. The van der Waals surface area contributed by atoms with Crippen LogP contribution in [0.2, 0.25) is 0 Å². The van der Waals surface area contributed by atoms with E-state index in [-0.39, 0.29) is 5.97 Å². The van der Waals surface area contributed by atoms with Crippen LogP contribution in [0.25, 0.3) is 0 Å².